The molecule has 0 bridgehead atoms. The molecule has 9 nitrogen and oxygen atoms in total. The first-order valence-electron chi connectivity index (χ1n) is 9.59. The number of nitrogens with one attached hydrogen (secondary N) is 1. The number of rotatable bonds is 3. The van der Waals surface area contributed by atoms with E-state index in [-0.39, 0.29) is 12.5 Å². The highest BCUT2D eigenvalue weighted by atomic mass is 16.5. The Kier molecular flexibility index (Phi) is 4.53. The van der Waals surface area contributed by atoms with Gasteiger partial charge in [0, 0.05) is 38.0 Å². The van der Waals surface area contributed by atoms with Crippen LogP contribution in [0.3, 0.4) is 0 Å². The number of nitrogens with zero attached hydrogens (tertiary/aromatic N) is 4. The van der Waals surface area contributed by atoms with Gasteiger partial charge in [-0.1, -0.05) is 0 Å². The van der Waals surface area contributed by atoms with E-state index in [2.05, 4.69) is 20.3 Å². The summed E-state index contributed by atoms with van der Waals surface area (Å²) in [5.74, 6) is 0.456. The van der Waals surface area contributed by atoms with Crippen LogP contribution in [-0.2, 0) is 11.2 Å². The van der Waals surface area contributed by atoms with Crippen molar-refractivity contribution in [3.05, 3.63) is 47.9 Å². The van der Waals surface area contributed by atoms with Crippen molar-refractivity contribution in [2.75, 3.05) is 43.1 Å². The van der Waals surface area contributed by atoms with E-state index in [9.17, 15) is 9.90 Å². The van der Waals surface area contributed by atoms with Gasteiger partial charge in [-0.05, 0) is 17.7 Å². The van der Waals surface area contributed by atoms with E-state index < -0.39 is 6.10 Å². The molecule has 1 aromatic carbocycles. The van der Waals surface area contributed by atoms with E-state index in [1.165, 1.54) is 6.20 Å². The number of ether oxygens (including phenoxy) is 2. The molecule has 3 aromatic rings. The van der Waals surface area contributed by atoms with Crippen LogP contribution in [0.15, 0.2) is 36.8 Å². The van der Waals surface area contributed by atoms with E-state index in [1.54, 1.807) is 23.0 Å². The average molecular weight is 395 g/mol. The van der Waals surface area contributed by atoms with Crippen LogP contribution in [0.5, 0.6) is 5.75 Å². The third kappa shape index (κ3) is 3.39. The summed E-state index contributed by atoms with van der Waals surface area (Å²) in [6.45, 7) is 2.98. The Morgan fingerprint density at radius 3 is 3.00 bits per heavy atom. The molecular weight excluding hydrogens is 374 g/mol. The van der Waals surface area contributed by atoms with Crippen LogP contribution in [-0.4, -0.2) is 64.6 Å². The SMILES string of the molecule is O=C(Nc1cc2c(cc1N1CCOCC1)OCC(O)C2)c1cnn2cccnc12. The van der Waals surface area contributed by atoms with Gasteiger partial charge >= 0.3 is 0 Å². The molecule has 0 saturated carbocycles. The van der Waals surface area contributed by atoms with Crippen LogP contribution in [0.4, 0.5) is 11.4 Å². The van der Waals surface area contributed by atoms with Crippen molar-refractivity contribution in [3.63, 3.8) is 0 Å². The van der Waals surface area contributed by atoms with Gasteiger partial charge in [0.25, 0.3) is 5.91 Å². The summed E-state index contributed by atoms with van der Waals surface area (Å²) in [6.07, 6.45) is 4.82. The molecule has 2 N–H and O–H groups in total. The van der Waals surface area contributed by atoms with Crippen molar-refractivity contribution in [3.8, 4) is 5.75 Å². The molecule has 0 spiro atoms. The number of fused-ring (bicyclic) bond motifs is 2. The number of aromatic nitrogens is 3. The monoisotopic (exact) mass is 395 g/mol. The van der Waals surface area contributed by atoms with Crippen molar-refractivity contribution in [2.24, 2.45) is 0 Å². The van der Waals surface area contributed by atoms with Crippen molar-refractivity contribution in [1.29, 1.82) is 0 Å². The van der Waals surface area contributed by atoms with Gasteiger partial charge in [-0.25, -0.2) is 9.50 Å². The predicted molar refractivity (Wildman–Crippen MR) is 106 cm³/mol. The maximum absolute atomic E-state index is 13.0. The minimum absolute atomic E-state index is 0.273. The van der Waals surface area contributed by atoms with Crippen LogP contribution in [0.1, 0.15) is 15.9 Å². The molecule has 29 heavy (non-hydrogen) atoms. The van der Waals surface area contributed by atoms with Gasteiger partial charge in [0.05, 0.1) is 36.9 Å². The van der Waals surface area contributed by atoms with Crippen LogP contribution in [0, 0.1) is 0 Å². The van der Waals surface area contributed by atoms with E-state index in [0.717, 1.165) is 30.1 Å². The van der Waals surface area contributed by atoms with Crippen LogP contribution >= 0.6 is 0 Å². The Labute approximate surface area is 166 Å². The molecule has 5 rings (SSSR count). The number of aliphatic hydroxyl groups excluding tert-OH is 1. The third-order valence-corrected chi connectivity index (χ3v) is 5.19. The highest BCUT2D eigenvalue weighted by Gasteiger charge is 2.25. The van der Waals surface area contributed by atoms with Gasteiger partial charge in [-0.15, -0.1) is 0 Å². The topological polar surface area (TPSA) is 101 Å². The van der Waals surface area contributed by atoms with E-state index in [1.807, 2.05) is 12.1 Å². The number of morpholine rings is 1. The molecule has 0 radical (unpaired) electrons. The maximum Gasteiger partial charge on any atom is 0.261 e. The summed E-state index contributed by atoms with van der Waals surface area (Å²) in [6, 6.07) is 5.59. The van der Waals surface area contributed by atoms with Gasteiger partial charge in [0.15, 0.2) is 5.65 Å². The first-order chi connectivity index (χ1) is 14.2. The summed E-state index contributed by atoms with van der Waals surface area (Å²) < 4.78 is 12.7. The standard InChI is InChI=1S/C20H21N5O4/c26-14-8-13-9-16(17(10-18(13)29-12-14)24-4-6-28-7-5-24)23-20(27)15-11-22-25-3-1-2-21-19(15)25/h1-3,9-11,14,26H,4-8,12H2,(H,23,27). The minimum atomic E-state index is -0.552. The van der Waals surface area contributed by atoms with E-state index >= 15 is 0 Å². The molecule has 0 aliphatic carbocycles. The third-order valence-electron chi connectivity index (χ3n) is 5.19. The van der Waals surface area contributed by atoms with Crippen LogP contribution in [0.2, 0.25) is 0 Å². The lowest BCUT2D eigenvalue weighted by atomic mass is 10.0. The van der Waals surface area contributed by atoms with Crippen LogP contribution < -0.4 is 15.0 Å². The summed E-state index contributed by atoms with van der Waals surface area (Å²) >= 11 is 0. The smallest absolute Gasteiger partial charge is 0.261 e. The Hall–Kier alpha value is -3.17. The molecular formula is C20H21N5O4. The zero-order chi connectivity index (χ0) is 19.8. The number of carbonyl (C=O) groups is 1. The summed E-state index contributed by atoms with van der Waals surface area (Å²) in [5, 5.41) is 17.2. The molecule has 1 atom stereocenters. The lowest BCUT2D eigenvalue weighted by molar-refractivity contribution is 0.0921. The number of aliphatic hydroxyl groups is 1. The molecule has 2 aromatic heterocycles. The number of hydrogen-bond acceptors (Lipinski definition) is 7. The molecule has 1 amide bonds. The van der Waals surface area contributed by atoms with Crippen molar-refractivity contribution in [1.82, 2.24) is 14.6 Å². The second-order valence-electron chi connectivity index (χ2n) is 7.15. The Morgan fingerprint density at radius 2 is 2.14 bits per heavy atom. The van der Waals surface area contributed by atoms with Gasteiger partial charge in [0.1, 0.15) is 17.9 Å². The second kappa shape index (κ2) is 7.34. The van der Waals surface area contributed by atoms with Crippen LogP contribution in [0.25, 0.3) is 5.65 Å². The number of anilines is 2. The first-order valence-corrected chi connectivity index (χ1v) is 9.59. The first kappa shape index (κ1) is 17.9. The highest BCUT2D eigenvalue weighted by Crippen LogP contribution is 2.37. The fourth-order valence-electron chi connectivity index (χ4n) is 3.75. The summed E-state index contributed by atoms with van der Waals surface area (Å²) in [7, 11) is 0. The minimum Gasteiger partial charge on any atom is -0.491 e. The molecule has 1 unspecified atom stereocenters. The fraction of sp³-hybridized carbons (Fsp3) is 0.350. The number of benzene rings is 1. The molecule has 2 aliphatic heterocycles. The molecule has 1 saturated heterocycles. The van der Waals surface area contributed by atoms with Crippen molar-refractivity contribution >= 4 is 22.9 Å². The molecule has 2 aliphatic rings. The summed E-state index contributed by atoms with van der Waals surface area (Å²) in [5.41, 5.74) is 3.31. The number of carbonyl (C=O) groups excluding carboxylic acids is 1. The average Bonchev–Trinajstić information content (AvgIpc) is 3.18. The zero-order valence-electron chi connectivity index (χ0n) is 15.7. The quantitative estimate of drug-likeness (QED) is 0.685. The zero-order valence-corrected chi connectivity index (χ0v) is 15.7. The van der Waals surface area contributed by atoms with Gasteiger partial charge in [0.2, 0.25) is 0 Å². The van der Waals surface area contributed by atoms with Gasteiger partial charge < -0.3 is 24.8 Å². The lowest BCUT2D eigenvalue weighted by Crippen LogP contribution is -2.37. The number of hydrogen-bond donors (Lipinski definition) is 2. The normalized spacial score (nSPS) is 18.9. The Morgan fingerprint density at radius 1 is 1.28 bits per heavy atom. The molecule has 9 heteroatoms. The Balaban J connectivity index is 1.52. The largest absolute Gasteiger partial charge is 0.491 e. The fourth-order valence-corrected chi connectivity index (χ4v) is 3.75. The van der Waals surface area contributed by atoms with Gasteiger partial charge in [-0.3, -0.25) is 4.79 Å². The highest BCUT2D eigenvalue weighted by molar-refractivity contribution is 6.09. The Bertz CT molecular complexity index is 1060. The summed E-state index contributed by atoms with van der Waals surface area (Å²) in [4.78, 5) is 19.5. The molecule has 4 heterocycles. The molecule has 150 valence electrons. The molecule has 1 fully saturated rings. The van der Waals surface area contributed by atoms with Gasteiger partial charge in [-0.2, -0.15) is 5.10 Å². The second-order valence-corrected chi connectivity index (χ2v) is 7.15. The van der Waals surface area contributed by atoms with E-state index in [0.29, 0.717) is 36.5 Å². The predicted octanol–water partition coefficient (Wildman–Crippen LogP) is 1.11. The number of amides is 1. The van der Waals surface area contributed by atoms with Crippen molar-refractivity contribution in [2.45, 2.75) is 12.5 Å². The van der Waals surface area contributed by atoms with E-state index in [4.69, 9.17) is 9.47 Å². The lowest BCUT2D eigenvalue weighted by Gasteiger charge is -2.32. The maximum atomic E-state index is 13.0. The van der Waals surface area contributed by atoms with Crippen molar-refractivity contribution < 1.29 is 19.4 Å².